The minimum Gasteiger partial charge on any atom is -0.211 e. The third-order valence-electron chi connectivity index (χ3n) is 4.98. The van der Waals surface area contributed by atoms with Gasteiger partial charge in [0.1, 0.15) is 0 Å². The fourth-order valence-corrected chi connectivity index (χ4v) is 4.13. The van der Waals surface area contributed by atoms with E-state index in [1.807, 2.05) is 0 Å². The van der Waals surface area contributed by atoms with Crippen molar-refractivity contribution in [3.63, 3.8) is 0 Å². The number of carbonyl (C=O) groups excluding carboxylic acids is 2. The molecule has 2 bridgehead atoms. The molecule has 2 aliphatic carbocycles. The molecule has 0 heterocycles. The Morgan fingerprint density at radius 1 is 1.22 bits per heavy atom. The normalized spacial score (nSPS) is 37.1. The molecular weight excluding hydrogens is 228 g/mol. The molecule has 0 spiro atoms. The van der Waals surface area contributed by atoms with Crippen LogP contribution in [0.5, 0.6) is 0 Å². The van der Waals surface area contributed by atoms with Gasteiger partial charge in [0.05, 0.1) is 13.1 Å². The van der Waals surface area contributed by atoms with Gasteiger partial charge in [-0.2, -0.15) is 0 Å². The van der Waals surface area contributed by atoms with Crippen molar-refractivity contribution in [1.82, 2.24) is 0 Å². The average Bonchev–Trinajstić information content (AvgIpc) is 2.84. The van der Waals surface area contributed by atoms with Crippen molar-refractivity contribution in [3.05, 3.63) is 0 Å². The molecule has 4 unspecified atom stereocenters. The quantitative estimate of drug-likeness (QED) is 0.412. The molecule has 2 rings (SSSR count). The molecule has 18 heavy (non-hydrogen) atoms. The average molecular weight is 248 g/mol. The molecule has 0 saturated heterocycles. The van der Waals surface area contributed by atoms with Crippen molar-refractivity contribution in [2.24, 2.45) is 33.2 Å². The molecule has 4 heteroatoms. The number of fused-ring (bicyclic) bond motifs is 2. The lowest BCUT2D eigenvalue weighted by molar-refractivity contribution is 0.171. The van der Waals surface area contributed by atoms with E-state index < -0.39 is 0 Å². The second-order valence-corrected chi connectivity index (χ2v) is 6.06. The van der Waals surface area contributed by atoms with Crippen LogP contribution in [0.15, 0.2) is 9.98 Å². The van der Waals surface area contributed by atoms with Crippen LogP contribution in [0.2, 0.25) is 0 Å². The van der Waals surface area contributed by atoms with Gasteiger partial charge in [-0.15, -0.1) is 0 Å². The van der Waals surface area contributed by atoms with Crippen LogP contribution < -0.4 is 0 Å². The fraction of sp³-hybridized carbons (Fsp3) is 0.857. The summed E-state index contributed by atoms with van der Waals surface area (Å²) in [6.45, 7) is 3.60. The number of hydrogen-bond donors (Lipinski definition) is 0. The predicted octanol–water partition coefficient (Wildman–Crippen LogP) is 2.49. The van der Waals surface area contributed by atoms with Gasteiger partial charge < -0.3 is 0 Å². The number of isocyanates is 2. The number of nitrogens with zero attached hydrogens (tertiary/aromatic N) is 2. The summed E-state index contributed by atoms with van der Waals surface area (Å²) in [5.41, 5.74) is 0.365. The van der Waals surface area contributed by atoms with Crippen LogP contribution in [-0.2, 0) is 9.59 Å². The lowest BCUT2D eigenvalue weighted by Gasteiger charge is -2.33. The van der Waals surface area contributed by atoms with E-state index in [9.17, 15) is 9.59 Å². The van der Waals surface area contributed by atoms with Gasteiger partial charge in [-0.1, -0.05) is 6.92 Å². The molecule has 0 aliphatic heterocycles. The van der Waals surface area contributed by atoms with Crippen molar-refractivity contribution in [2.75, 3.05) is 13.1 Å². The molecule has 2 fully saturated rings. The van der Waals surface area contributed by atoms with Gasteiger partial charge in [-0.25, -0.2) is 19.6 Å². The smallest absolute Gasteiger partial charge is 0.211 e. The zero-order chi connectivity index (χ0) is 13.0. The minimum absolute atomic E-state index is 0.365. The number of rotatable bonds is 6. The maximum Gasteiger partial charge on any atom is 0.234 e. The molecule has 98 valence electrons. The van der Waals surface area contributed by atoms with E-state index in [0.717, 1.165) is 24.7 Å². The third kappa shape index (κ3) is 2.60. The first-order chi connectivity index (χ1) is 8.69. The lowest BCUT2D eigenvalue weighted by atomic mass is 9.72. The molecule has 0 amide bonds. The molecule has 0 radical (unpaired) electrons. The van der Waals surface area contributed by atoms with E-state index in [1.165, 1.54) is 19.3 Å². The summed E-state index contributed by atoms with van der Waals surface area (Å²) >= 11 is 0. The minimum atomic E-state index is 0.365. The second-order valence-electron chi connectivity index (χ2n) is 6.06. The van der Waals surface area contributed by atoms with E-state index in [-0.39, 0.29) is 0 Å². The maximum absolute atomic E-state index is 10.2. The van der Waals surface area contributed by atoms with Crippen molar-refractivity contribution in [1.29, 1.82) is 0 Å². The predicted molar refractivity (Wildman–Crippen MR) is 67.6 cm³/mol. The maximum atomic E-state index is 10.2. The highest BCUT2D eigenvalue weighted by Gasteiger charge is 2.52. The molecule has 0 aromatic rings. The molecule has 4 atom stereocenters. The molecular formula is C14H20N2O2. The highest BCUT2D eigenvalue weighted by atomic mass is 16.1. The van der Waals surface area contributed by atoms with Crippen LogP contribution in [-0.4, -0.2) is 25.2 Å². The first-order valence-corrected chi connectivity index (χ1v) is 6.77. The fourth-order valence-electron chi connectivity index (χ4n) is 4.13. The van der Waals surface area contributed by atoms with Gasteiger partial charge >= 0.3 is 0 Å². The molecule has 0 aromatic heterocycles. The standard InChI is InChI=1S/C14H20N2O2/c1-14-6-11(3-2-4-15-9-17)12(7-14)5-13(14)8-16-10-18/h11-13H,2-8H2,1H3. The van der Waals surface area contributed by atoms with E-state index >= 15 is 0 Å². The molecule has 0 N–H and O–H groups in total. The van der Waals surface area contributed by atoms with E-state index in [4.69, 9.17) is 0 Å². The second kappa shape index (κ2) is 5.60. The molecule has 0 aromatic carbocycles. The Morgan fingerprint density at radius 3 is 2.61 bits per heavy atom. The third-order valence-corrected chi connectivity index (χ3v) is 4.98. The number of aliphatic imine (C=N–C) groups is 2. The lowest BCUT2D eigenvalue weighted by Crippen LogP contribution is -2.27. The summed E-state index contributed by atoms with van der Waals surface area (Å²) in [5.74, 6) is 2.11. The van der Waals surface area contributed by atoms with Gasteiger partial charge in [-0.3, -0.25) is 0 Å². The first kappa shape index (κ1) is 13.2. The Bertz CT molecular complexity index is 397. The zero-order valence-corrected chi connectivity index (χ0v) is 10.9. The van der Waals surface area contributed by atoms with E-state index in [2.05, 4.69) is 16.9 Å². The highest BCUT2D eigenvalue weighted by Crippen LogP contribution is 2.60. The summed E-state index contributed by atoms with van der Waals surface area (Å²) in [6.07, 6.45) is 9.11. The van der Waals surface area contributed by atoms with Crippen molar-refractivity contribution < 1.29 is 9.59 Å². The van der Waals surface area contributed by atoms with Gasteiger partial charge in [-0.05, 0) is 55.3 Å². The largest absolute Gasteiger partial charge is 0.234 e. The van der Waals surface area contributed by atoms with Crippen LogP contribution in [0.1, 0.15) is 39.0 Å². The first-order valence-electron chi connectivity index (χ1n) is 6.77. The van der Waals surface area contributed by atoms with Crippen LogP contribution >= 0.6 is 0 Å². The Labute approximate surface area is 108 Å². The Hall–Kier alpha value is -1.24. The SMILES string of the molecule is CC12CC(CCCN=C=O)C(CC1CN=C=O)C2. The monoisotopic (exact) mass is 248 g/mol. The van der Waals surface area contributed by atoms with E-state index in [0.29, 0.717) is 24.4 Å². The topological polar surface area (TPSA) is 58.9 Å². The summed E-state index contributed by atoms with van der Waals surface area (Å²) in [4.78, 5) is 27.6. The Balaban J connectivity index is 1.84. The van der Waals surface area contributed by atoms with Crippen LogP contribution in [0.3, 0.4) is 0 Å². The zero-order valence-electron chi connectivity index (χ0n) is 10.9. The molecule has 2 aliphatic rings. The van der Waals surface area contributed by atoms with Crippen LogP contribution in [0.25, 0.3) is 0 Å². The van der Waals surface area contributed by atoms with Crippen LogP contribution in [0, 0.1) is 23.2 Å². The van der Waals surface area contributed by atoms with Crippen molar-refractivity contribution >= 4 is 12.2 Å². The van der Waals surface area contributed by atoms with Crippen molar-refractivity contribution in [2.45, 2.75) is 39.0 Å². The molecule has 2 saturated carbocycles. The van der Waals surface area contributed by atoms with Gasteiger partial charge in [0.25, 0.3) is 0 Å². The summed E-state index contributed by atoms with van der Waals surface area (Å²) in [5, 5.41) is 0. The summed E-state index contributed by atoms with van der Waals surface area (Å²) in [7, 11) is 0. The van der Waals surface area contributed by atoms with Crippen LogP contribution in [0.4, 0.5) is 0 Å². The Morgan fingerprint density at radius 2 is 2.00 bits per heavy atom. The van der Waals surface area contributed by atoms with Gasteiger partial charge in [0.15, 0.2) is 0 Å². The Kier molecular flexibility index (Phi) is 4.11. The van der Waals surface area contributed by atoms with Crippen molar-refractivity contribution in [3.8, 4) is 0 Å². The van der Waals surface area contributed by atoms with E-state index in [1.54, 1.807) is 12.2 Å². The van der Waals surface area contributed by atoms with Gasteiger partial charge in [0.2, 0.25) is 12.2 Å². The number of hydrogen-bond acceptors (Lipinski definition) is 4. The molecule has 4 nitrogen and oxygen atoms in total. The van der Waals surface area contributed by atoms with Gasteiger partial charge in [0, 0.05) is 0 Å². The highest BCUT2D eigenvalue weighted by molar-refractivity contribution is 5.33. The summed E-state index contributed by atoms with van der Waals surface area (Å²) in [6, 6.07) is 0. The summed E-state index contributed by atoms with van der Waals surface area (Å²) < 4.78 is 0.